The van der Waals surface area contributed by atoms with Gasteiger partial charge in [-0.2, -0.15) is 0 Å². The molecule has 25 heavy (non-hydrogen) atoms. The van der Waals surface area contributed by atoms with Crippen molar-refractivity contribution < 1.29 is 50.0 Å². The SMILES string of the molecule is [N-]=[N+]=N[C@H]1[C@H](O)[C@@H](O)[C@@H](O[C@H]2O[C@H](CO)[C@@H](O)[C@H](O)[C@H]2O)O[C@@H]1CO. The van der Waals surface area contributed by atoms with Gasteiger partial charge < -0.3 is 50.0 Å². The minimum absolute atomic E-state index is 0.665. The lowest BCUT2D eigenvalue weighted by Crippen LogP contribution is -2.63. The first-order valence-corrected chi connectivity index (χ1v) is 7.48. The molecule has 13 nitrogen and oxygen atoms in total. The molecular weight excluding hydrogens is 346 g/mol. The first kappa shape index (κ1) is 20.2. The Kier molecular flexibility index (Phi) is 6.90. The molecule has 0 aromatic heterocycles. The van der Waals surface area contributed by atoms with Crippen LogP contribution in [0, 0.1) is 0 Å². The highest BCUT2D eigenvalue weighted by atomic mass is 16.8. The van der Waals surface area contributed by atoms with E-state index in [-0.39, 0.29) is 0 Å². The van der Waals surface area contributed by atoms with E-state index in [2.05, 4.69) is 10.0 Å². The fourth-order valence-corrected chi connectivity index (χ4v) is 2.69. The Morgan fingerprint density at radius 3 is 1.84 bits per heavy atom. The van der Waals surface area contributed by atoms with Gasteiger partial charge in [-0.1, -0.05) is 5.11 Å². The van der Waals surface area contributed by atoms with Gasteiger partial charge in [0.1, 0.15) is 30.5 Å². The van der Waals surface area contributed by atoms with Gasteiger partial charge in [-0.3, -0.25) is 0 Å². The van der Waals surface area contributed by atoms with E-state index in [4.69, 9.17) is 24.8 Å². The second-order valence-corrected chi connectivity index (χ2v) is 5.74. The molecule has 0 aliphatic carbocycles. The Hall–Kier alpha value is -1.09. The van der Waals surface area contributed by atoms with Crippen molar-refractivity contribution in [3.8, 4) is 0 Å². The summed E-state index contributed by atoms with van der Waals surface area (Å²) in [6.45, 7) is -1.35. The molecule has 0 aromatic rings. The molecule has 2 aliphatic rings. The van der Waals surface area contributed by atoms with E-state index < -0.39 is 74.6 Å². The lowest BCUT2D eigenvalue weighted by atomic mass is 9.97. The van der Waals surface area contributed by atoms with Gasteiger partial charge >= 0.3 is 0 Å². The molecule has 2 saturated heterocycles. The molecule has 2 heterocycles. The van der Waals surface area contributed by atoms with E-state index in [0.29, 0.717) is 0 Å². The average Bonchev–Trinajstić information content (AvgIpc) is 2.61. The van der Waals surface area contributed by atoms with Crippen LogP contribution in [0.5, 0.6) is 0 Å². The second-order valence-electron chi connectivity index (χ2n) is 5.74. The Bertz CT molecular complexity index is 488. The lowest BCUT2D eigenvalue weighted by molar-refractivity contribution is -0.368. The Labute approximate surface area is 141 Å². The maximum Gasteiger partial charge on any atom is 0.189 e. The zero-order valence-electron chi connectivity index (χ0n) is 12.9. The monoisotopic (exact) mass is 367 g/mol. The number of aliphatic hydroxyl groups is 7. The van der Waals surface area contributed by atoms with Crippen LogP contribution < -0.4 is 0 Å². The lowest BCUT2D eigenvalue weighted by Gasteiger charge is -2.44. The highest BCUT2D eigenvalue weighted by Gasteiger charge is 2.49. The maximum absolute atomic E-state index is 10.0. The number of hydrogen-bond acceptors (Lipinski definition) is 11. The quantitative estimate of drug-likeness (QED) is 0.141. The number of hydrogen-bond donors (Lipinski definition) is 7. The molecular formula is C12H21N3O10. The minimum atomic E-state index is -1.74. The third-order valence-corrected chi connectivity index (χ3v) is 4.15. The summed E-state index contributed by atoms with van der Waals surface area (Å²) in [5.74, 6) is 0. The number of aliphatic hydroxyl groups excluding tert-OH is 7. The maximum atomic E-state index is 10.0. The summed E-state index contributed by atoms with van der Waals surface area (Å²) in [6.07, 6.45) is -14.1. The Morgan fingerprint density at radius 1 is 0.800 bits per heavy atom. The molecule has 2 rings (SSSR count). The van der Waals surface area contributed by atoms with Crippen molar-refractivity contribution in [2.24, 2.45) is 5.11 Å². The molecule has 0 bridgehead atoms. The van der Waals surface area contributed by atoms with E-state index in [1.807, 2.05) is 0 Å². The molecule has 0 radical (unpaired) electrons. The zero-order valence-corrected chi connectivity index (χ0v) is 12.9. The van der Waals surface area contributed by atoms with Gasteiger partial charge in [0.05, 0.1) is 31.5 Å². The first-order chi connectivity index (χ1) is 11.8. The predicted molar refractivity (Wildman–Crippen MR) is 75.5 cm³/mol. The van der Waals surface area contributed by atoms with Crippen molar-refractivity contribution in [3.05, 3.63) is 10.4 Å². The molecule has 0 aromatic carbocycles. The average molecular weight is 367 g/mol. The molecule has 0 amide bonds. The fraction of sp³-hybridized carbons (Fsp3) is 1.00. The highest BCUT2D eigenvalue weighted by molar-refractivity contribution is 4.95. The van der Waals surface area contributed by atoms with Gasteiger partial charge in [0.2, 0.25) is 0 Å². The fourth-order valence-electron chi connectivity index (χ4n) is 2.69. The summed E-state index contributed by atoms with van der Waals surface area (Å²) in [4.78, 5) is 2.50. The van der Waals surface area contributed by atoms with Crippen LogP contribution in [0.15, 0.2) is 5.11 Å². The van der Waals surface area contributed by atoms with E-state index in [1.54, 1.807) is 0 Å². The van der Waals surface area contributed by atoms with Gasteiger partial charge in [0, 0.05) is 4.91 Å². The summed E-state index contributed by atoms with van der Waals surface area (Å²) in [5, 5.41) is 71.0. The van der Waals surface area contributed by atoms with Crippen LogP contribution in [0.4, 0.5) is 0 Å². The van der Waals surface area contributed by atoms with E-state index in [1.165, 1.54) is 0 Å². The molecule has 0 saturated carbocycles. The standard InChI is InChI=1S/C12H21N3O10/c13-15-14-5-3(1-16)23-11(9(21)7(5)19)25-12-10(22)8(20)6(18)4(2-17)24-12/h3-12,16-22H,1-2H2/t3-,4-,5-,6-,7+,8+,9-,10-,11-,12-/m1/s1. The number of nitrogens with zero attached hydrogens (tertiary/aromatic N) is 3. The molecule has 0 spiro atoms. The number of ether oxygens (including phenoxy) is 3. The topological polar surface area (TPSA) is 218 Å². The van der Waals surface area contributed by atoms with Crippen LogP contribution in [0.2, 0.25) is 0 Å². The number of rotatable bonds is 5. The van der Waals surface area contributed by atoms with E-state index in [0.717, 1.165) is 0 Å². The van der Waals surface area contributed by atoms with Gasteiger partial charge in [0.25, 0.3) is 0 Å². The second kappa shape index (κ2) is 8.53. The van der Waals surface area contributed by atoms with Crippen molar-refractivity contribution in [1.82, 2.24) is 0 Å². The van der Waals surface area contributed by atoms with Crippen LogP contribution in [0.1, 0.15) is 0 Å². The molecule has 144 valence electrons. The zero-order chi connectivity index (χ0) is 18.7. The largest absolute Gasteiger partial charge is 0.394 e. The normalized spacial score (nSPS) is 48.0. The smallest absolute Gasteiger partial charge is 0.189 e. The molecule has 0 unspecified atom stereocenters. The van der Waals surface area contributed by atoms with Crippen molar-refractivity contribution >= 4 is 0 Å². The molecule has 13 heteroatoms. The summed E-state index contributed by atoms with van der Waals surface area (Å²) < 4.78 is 15.5. The van der Waals surface area contributed by atoms with Crippen LogP contribution >= 0.6 is 0 Å². The van der Waals surface area contributed by atoms with Crippen LogP contribution in [0.3, 0.4) is 0 Å². The minimum Gasteiger partial charge on any atom is -0.394 e. The van der Waals surface area contributed by atoms with Crippen molar-refractivity contribution in [2.45, 2.75) is 61.3 Å². The van der Waals surface area contributed by atoms with Crippen molar-refractivity contribution in [3.63, 3.8) is 0 Å². The van der Waals surface area contributed by atoms with Gasteiger partial charge in [0.15, 0.2) is 12.6 Å². The highest BCUT2D eigenvalue weighted by Crippen LogP contribution is 2.29. The van der Waals surface area contributed by atoms with Crippen molar-refractivity contribution in [1.29, 1.82) is 0 Å². The molecule has 2 fully saturated rings. The Morgan fingerprint density at radius 2 is 1.32 bits per heavy atom. The van der Waals surface area contributed by atoms with Crippen molar-refractivity contribution in [2.75, 3.05) is 13.2 Å². The van der Waals surface area contributed by atoms with E-state index >= 15 is 0 Å². The van der Waals surface area contributed by atoms with Crippen LogP contribution in [-0.2, 0) is 14.2 Å². The van der Waals surface area contributed by atoms with Gasteiger partial charge in [-0.05, 0) is 5.53 Å². The first-order valence-electron chi connectivity index (χ1n) is 7.48. The third-order valence-electron chi connectivity index (χ3n) is 4.15. The van der Waals surface area contributed by atoms with E-state index in [9.17, 15) is 30.6 Å². The summed E-state index contributed by atoms with van der Waals surface area (Å²) >= 11 is 0. The van der Waals surface area contributed by atoms with Crippen LogP contribution in [-0.4, -0.2) is 110 Å². The molecule has 2 aliphatic heterocycles. The predicted octanol–water partition coefficient (Wildman–Crippen LogP) is -4.08. The summed E-state index contributed by atoms with van der Waals surface area (Å²) in [5.41, 5.74) is 8.48. The van der Waals surface area contributed by atoms with Gasteiger partial charge in [-0.25, -0.2) is 0 Å². The molecule has 7 N–H and O–H groups in total. The molecule has 10 atom stereocenters. The Balaban J connectivity index is 2.12. The van der Waals surface area contributed by atoms with Crippen LogP contribution in [0.25, 0.3) is 10.4 Å². The van der Waals surface area contributed by atoms with Gasteiger partial charge in [-0.15, -0.1) is 0 Å². The number of azide groups is 1. The third kappa shape index (κ3) is 4.02. The summed E-state index contributed by atoms with van der Waals surface area (Å²) in [6, 6.07) is -1.28. The summed E-state index contributed by atoms with van der Waals surface area (Å²) in [7, 11) is 0.